The topological polar surface area (TPSA) is 75.6 Å². The molecule has 1 amide bonds. The first-order valence-electron chi connectivity index (χ1n) is 7.61. The van der Waals surface area contributed by atoms with E-state index in [0.29, 0.717) is 19.4 Å². The van der Waals surface area contributed by atoms with Crippen LogP contribution in [0.15, 0.2) is 28.7 Å². The summed E-state index contributed by atoms with van der Waals surface area (Å²) in [4.78, 5) is 23.8. The highest BCUT2D eigenvalue weighted by molar-refractivity contribution is 9.10. The van der Waals surface area contributed by atoms with Crippen molar-refractivity contribution in [3.63, 3.8) is 0 Å². The number of methoxy groups -OCH3 is 1. The third kappa shape index (κ3) is 6.71. The Morgan fingerprint density at radius 3 is 2.57 bits per heavy atom. The second kappa shape index (κ2) is 9.67. The van der Waals surface area contributed by atoms with Gasteiger partial charge in [-0.2, -0.15) is 0 Å². The standard InChI is InChI=1S/C17H24BrNO4/c1-11(2)15(17(21)22)19-16(20)13(7-8-23-3)9-12-5-4-6-14(18)10-12/h4-6,10-11,13,15H,7-9H2,1-3H3,(H,19,20)(H,21,22)/t13?,15-/m0/s1. The number of rotatable bonds is 9. The van der Waals surface area contributed by atoms with Crippen molar-refractivity contribution in [2.75, 3.05) is 13.7 Å². The van der Waals surface area contributed by atoms with E-state index in [1.165, 1.54) is 0 Å². The van der Waals surface area contributed by atoms with Crippen LogP contribution in [0.4, 0.5) is 0 Å². The number of carboxylic acids is 1. The highest BCUT2D eigenvalue weighted by Crippen LogP contribution is 2.18. The molecule has 0 fully saturated rings. The quantitative estimate of drug-likeness (QED) is 0.685. The summed E-state index contributed by atoms with van der Waals surface area (Å²) in [6.07, 6.45) is 1.08. The van der Waals surface area contributed by atoms with Crippen LogP contribution in [0, 0.1) is 11.8 Å². The SMILES string of the molecule is COCCC(Cc1cccc(Br)c1)C(=O)N[C@H](C(=O)O)C(C)C. The molecule has 1 rings (SSSR count). The highest BCUT2D eigenvalue weighted by Gasteiger charge is 2.27. The van der Waals surface area contributed by atoms with E-state index in [2.05, 4.69) is 21.2 Å². The third-order valence-corrected chi connectivity index (χ3v) is 4.14. The van der Waals surface area contributed by atoms with Gasteiger partial charge >= 0.3 is 5.97 Å². The highest BCUT2D eigenvalue weighted by atomic mass is 79.9. The number of nitrogens with one attached hydrogen (secondary N) is 1. The molecule has 0 aromatic heterocycles. The molecule has 1 unspecified atom stereocenters. The van der Waals surface area contributed by atoms with E-state index >= 15 is 0 Å². The van der Waals surface area contributed by atoms with Gasteiger partial charge in [0.15, 0.2) is 0 Å². The lowest BCUT2D eigenvalue weighted by molar-refractivity contribution is -0.143. The van der Waals surface area contributed by atoms with Crippen LogP contribution in [0.2, 0.25) is 0 Å². The Hall–Kier alpha value is -1.40. The van der Waals surface area contributed by atoms with Crippen LogP contribution in [0.5, 0.6) is 0 Å². The molecule has 6 heteroatoms. The molecule has 0 aliphatic carbocycles. The summed E-state index contributed by atoms with van der Waals surface area (Å²) >= 11 is 3.42. The molecule has 0 saturated carbocycles. The Labute approximate surface area is 145 Å². The zero-order chi connectivity index (χ0) is 17.4. The van der Waals surface area contributed by atoms with Crippen molar-refractivity contribution in [1.82, 2.24) is 5.32 Å². The summed E-state index contributed by atoms with van der Waals surface area (Å²) < 4.78 is 6.03. The molecule has 0 aliphatic heterocycles. The first-order chi connectivity index (χ1) is 10.8. The van der Waals surface area contributed by atoms with E-state index < -0.39 is 12.0 Å². The van der Waals surface area contributed by atoms with Crippen molar-refractivity contribution in [2.45, 2.75) is 32.7 Å². The Bertz CT molecular complexity index is 533. The molecule has 2 N–H and O–H groups in total. The van der Waals surface area contributed by atoms with Crippen molar-refractivity contribution in [2.24, 2.45) is 11.8 Å². The number of halogens is 1. The normalized spacial score (nSPS) is 13.6. The molecular formula is C17H24BrNO4. The van der Waals surface area contributed by atoms with Gasteiger partial charge in [0.05, 0.1) is 0 Å². The fourth-order valence-electron chi connectivity index (χ4n) is 2.32. The van der Waals surface area contributed by atoms with E-state index in [-0.39, 0.29) is 17.7 Å². The van der Waals surface area contributed by atoms with Crippen molar-refractivity contribution < 1.29 is 19.4 Å². The van der Waals surface area contributed by atoms with Gasteiger partial charge in [-0.1, -0.05) is 41.9 Å². The lowest BCUT2D eigenvalue weighted by Gasteiger charge is -2.22. The maximum absolute atomic E-state index is 12.5. The number of carboxylic acid groups (broad SMARTS) is 1. The molecular weight excluding hydrogens is 362 g/mol. The monoisotopic (exact) mass is 385 g/mol. The molecule has 0 aliphatic rings. The van der Waals surface area contributed by atoms with Crippen LogP contribution in [0.1, 0.15) is 25.8 Å². The predicted molar refractivity (Wildman–Crippen MR) is 92.2 cm³/mol. The average Bonchev–Trinajstić information content (AvgIpc) is 2.48. The zero-order valence-electron chi connectivity index (χ0n) is 13.7. The lowest BCUT2D eigenvalue weighted by atomic mass is 9.94. The number of carbonyl (C=O) groups is 2. The van der Waals surface area contributed by atoms with E-state index in [1.54, 1.807) is 21.0 Å². The van der Waals surface area contributed by atoms with Gasteiger partial charge in [0.1, 0.15) is 6.04 Å². The maximum atomic E-state index is 12.5. The minimum absolute atomic E-state index is 0.176. The molecule has 0 spiro atoms. The number of amides is 1. The first kappa shape index (κ1) is 19.6. The van der Waals surface area contributed by atoms with Gasteiger partial charge in [0.2, 0.25) is 5.91 Å². The average molecular weight is 386 g/mol. The minimum atomic E-state index is -1.01. The Morgan fingerprint density at radius 1 is 1.35 bits per heavy atom. The van der Waals surface area contributed by atoms with Crippen LogP contribution in [0.3, 0.4) is 0 Å². The molecule has 2 atom stereocenters. The Morgan fingerprint density at radius 2 is 2.04 bits per heavy atom. The number of hydrogen-bond acceptors (Lipinski definition) is 3. The zero-order valence-corrected chi connectivity index (χ0v) is 15.3. The van der Waals surface area contributed by atoms with E-state index in [9.17, 15) is 14.7 Å². The van der Waals surface area contributed by atoms with Crippen molar-refractivity contribution >= 4 is 27.8 Å². The maximum Gasteiger partial charge on any atom is 0.326 e. The third-order valence-electron chi connectivity index (χ3n) is 3.64. The molecule has 0 radical (unpaired) electrons. The summed E-state index contributed by atoms with van der Waals surface area (Å²) in [6.45, 7) is 4.00. The van der Waals surface area contributed by atoms with Gasteiger partial charge in [-0.05, 0) is 36.5 Å². The van der Waals surface area contributed by atoms with Gasteiger partial charge < -0.3 is 15.2 Å². The Kier molecular flexibility index (Phi) is 8.26. The number of aliphatic carboxylic acids is 1. The number of ether oxygens (including phenoxy) is 1. The molecule has 5 nitrogen and oxygen atoms in total. The fourth-order valence-corrected chi connectivity index (χ4v) is 2.77. The molecule has 0 heterocycles. The smallest absolute Gasteiger partial charge is 0.326 e. The molecule has 0 bridgehead atoms. The second-order valence-electron chi connectivity index (χ2n) is 5.88. The van der Waals surface area contributed by atoms with Gasteiger partial charge in [-0.15, -0.1) is 0 Å². The second-order valence-corrected chi connectivity index (χ2v) is 6.80. The van der Waals surface area contributed by atoms with E-state index in [0.717, 1.165) is 10.0 Å². The molecule has 1 aromatic rings. The van der Waals surface area contributed by atoms with Crippen molar-refractivity contribution in [1.29, 1.82) is 0 Å². The summed E-state index contributed by atoms with van der Waals surface area (Å²) in [5, 5.41) is 11.9. The number of carbonyl (C=O) groups excluding carboxylic acids is 1. The molecule has 23 heavy (non-hydrogen) atoms. The first-order valence-corrected chi connectivity index (χ1v) is 8.41. The van der Waals surface area contributed by atoms with Gasteiger partial charge in [-0.3, -0.25) is 4.79 Å². The summed E-state index contributed by atoms with van der Waals surface area (Å²) in [5.41, 5.74) is 1.02. The molecule has 1 aromatic carbocycles. The van der Waals surface area contributed by atoms with Crippen molar-refractivity contribution in [3.8, 4) is 0 Å². The van der Waals surface area contributed by atoms with E-state index in [1.807, 2.05) is 24.3 Å². The van der Waals surface area contributed by atoms with Crippen LogP contribution >= 0.6 is 15.9 Å². The largest absolute Gasteiger partial charge is 0.480 e. The van der Waals surface area contributed by atoms with Crippen LogP contribution in [0.25, 0.3) is 0 Å². The molecule has 128 valence electrons. The summed E-state index contributed by atoms with van der Waals surface area (Å²) in [7, 11) is 1.59. The van der Waals surface area contributed by atoms with Crippen LogP contribution in [-0.4, -0.2) is 36.7 Å². The number of hydrogen-bond donors (Lipinski definition) is 2. The fraction of sp³-hybridized carbons (Fsp3) is 0.529. The Balaban J connectivity index is 2.83. The lowest BCUT2D eigenvalue weighted by Crippen LogP contribution is -2.47. The van der Waals surface area contributed by atoms with Gasteiger partial charge in [0, 0.05) is 24.1 Å². The summed E-state index contributed by atoms with van der Waals surface area (Å²) in [6, 6.07) is 6.88. The van der Waals surface area contributed by atoms with E-state index in [4.69, 9.17) is 4.74 Å². The van der Waals surface area contributed by atoms with Gasteiger partial charge in [0.25, 0.3) is 0 Å². The predicted octanol–water partition coefficient (Wildman–Crippen LogP) is 2.87. The van der Waals surface area contributed by atoms with Crippen LogP contribution < -0.4 is 5.32 Å². The van der Waals surface area contributed by atoms with Gasteiger partial charge in [-0.25, -0.2) is 4.79 Å². The molecule has 0 saturated heterocycles. The summed E-state index contributed by atoms with van der Waals surface area (Å²) in [5.74, 6) is -1.76. The van der Waals surface area contributed by atoms with Crippen molar-refractivity contribution in [3.05, 3.63) is 34.3 Å². The number of benzene rings is 1. The van der Waals surface area contributed by atoms with Crippen LogP contribution in [-0.2, 0) is 20.7 Å². The minimum Gasteiger partial charge on any atom is -0.480 e.